The SMILES string of the molecule is CCOc1cccc(C(NC)C2CCC(CC)C2)c1. The van der Waals surface area contributed by atoms with Crippen molar-refractivity contribution in [1.29, 1.82) is 0 Å². The first kappa shape index (κ1) is 14.4. The van der Waals surface area contributed by atoms with Crippen LogP contribution in [0, 0.1) is 11.8 Å². The van der Waals surface area contributed by atoms with Crippen LogP contribution >= 0.6 is 0 Å². The number of hydrogen-bond donors (Lipinski definition) is 1. The van der Waals surface area contributed by atoms with Crippen LogP contribution in [0.1, 0.15) is 51.1 Å². The van der Waals surface area contributed by atoms with Gasteiger partial charge in [-0.1, -0.05) is 31.9 Å². The largest absolute Gasteiger partial charge is 0.494 e. The van der Waals surface area contributed by atoms with Crippen molar-refractivity contribution in [3.63, 3.8) is 0 Å². The average molecular weight is 261 g/mol. The van der Waals surface area contributed by atoms with Gasteiger partial charge in [-0.2, -0.15) is 0 Å². The van der Waals surface area contributed by atoms with E-state index in [0.29, 0.717) is 6.04 Å². The monoisotopic (exact) mass is 261 g/mol. The van der Waals surface area contributed by atoms with Crippen LogP contribution < -0.4 is 10.1 Å². The van der Waals surface area contributed by atoms with E-state index >= 15 is 0 Å². The summed E-state index contributed by atoms with van der Waals surface area (Å²) < 4.78 is 5.62. The van der Waals surface area contributed by atoms with Crippen LogP contribution in [0.15, 0.2) is 24.3 Å². The summed E-state index contributed by atoms with van der Waals surface area (Å²) in [7, 11) is 2.08. The molecule has 1 fully saturated rings. The third-order valence-electron chi connectivity index (χ3n) is 4.47. The number of ether oxygens (including phenoxy) is 1. The zero-order valence-corrected chi connectivity index (χ0v) is 12.5. The topological polar surface area (TPSA) is 21.3 Å². The minimum absolute atomic E-state index is 0.469. The van der Waals surface area contributed by atoms with Crippen molar-refractivity contribution in [2.75, 3.05) is 13.7 Å². The molecule has 106 valence electrons. The molecule has 0 aliphatic heterocycles. The summed E-state index contributed by atoms with van der Waals surface area (Å²) >= 11 is 0. The van der Waals surface area contributed by atoms with Crippen LogP contribution in [-0.2, 0) is 0 Å². The number of benzene rings is 1. The number of nitrogens with one attached hydrogen (secondary N) is 1. The van der Waals surface area contributed by atoms with Crippen molar-refractivity contribution in [1.82, 2.24) is 5.32 Å². The quantitative estimate of drug-likeness (QED) is 0.829. The molecule has 0 heterocycles. The van der Waals surface area contributed by atoms with Gasteiger partial charge in [0, 0.05) is 6.04 Å². The van der Waals surface area contributed by atoms with Crippen LogP contribution in [-0.4, -0.2) is 13.7 Å². The van der Waals surface area contributed by atoms with Crippen LogP contribution in [0.4, 0.5) is 0 Å². The van der Waals surface area contributed by atoms with Gasteiger partial charge in [-0.05, 0) is 56.3 Å². The van der Waals surface area contributed by atoms with E-state index in [4.69, 9.17) is 4.74 Å². The van der Waals surface area contributed by atoms with Gasteiger partial charge in [0.15, 0.2) is 0 Å². The van der Waals surface area contributed by atoms with Gasteiger partial charge in [0.1, 0.15) is 5.75 Å². The molecule has 19 heavy (non-hydrogen) atoms. The molecule has 0 aromatic heterocycles. The maximum atomic E-state index is 5.62. The standard InChI is InChI=1S/C17H27NO/c1-4-13-9-10-15(11-13)17(18-3)14-7-6-8-16(12-14)19-5-2/h6-8,12-13,15,17-18H,4-5,9-11H2,1-3H3. The number of rotatable bonds is 6. The third-order valence-corrected chi connectivity index (χ3v) is 4.47. The molecular weight excluding hydrogens is 234 g/mol. The molecule has 2 rings (SSSR count). The van der Waals surface area contributed by atoms with Gasteiger partial charge in [-0.15, -0.1) is 0 Å². The Morgan fingerprint density at radius 1 is 1.32 bits per heavy atom. The molecule has 0 radical (unpaired) electrons. The van der Waals surface area contributed by atoms with E-state index in [0.717, 1.165) is 24.2 Å². The van der Waals surface area contributed by atoms with Crippen molar-refractivity contribution in [2.45, 2.75) is 45.6 Å². The molecule has 0 saturated heterocycles. The highest BCUT2D eigenvalue weighted by molar-refractivity contribution is 5.31. The first-order valence-corrected chi connectivity index (χ1v) is 7.68. The summed E-state index contributed by atoms with van der Waals surface area (Å²) in [5, 5.41) is 3.52. The Morgan fingerprint density at radius 2 is 2.16 bits per heavy atom. The smallest absolute Gasteiger partial charge is 0.119 e. The molecule has 2 nitrogen and oxygen atoms in total. The van der Waals surface area contributed by atoms with Gasteiger partial charge < -0.3 is 10.1 Å². The summed E-state index contributed by atoms with van der Waals surface area (Å²) in [6.07, 6.45) is 5.43. The fourth-order valence-electron chi connectivity index (χ4n) is 3.43. The van der Waals surface area contributed by atoms with E-state index in [1.807, 2.05) is 13.0 Å². The highest BCUT2D eigenvalue weighted by Gasteiger charge is 2.30. The van der Waals surface area contributed by atoms with Crippen molar-refractivity contribution in [3.8, 4) is 5.75 Å². The number of hydrogen-bond acceptors (Lipinski definition) is 2. The zero-order chi connectivity index (χ0) is 13.7. The van der Waals surface area contributed by atoms with E-state index in [-0.39, 0.29) is 0 Å². The van der Waals surface area contributed by atoms with E-state index in [9.17, 15) is 0 Å². The Morgan fingerprint density at radius 3 is 2.79 bits per heavy atom. The van der Waals surface area contributed by atoms with E-state index in [1.54, 1.807) is 0 Å². The van der Waals surface area contributed by atoms with Gasteiger partial charge in [-0.25, -0.2) is 0 Å². The van der Waals surface area contributed by atoms with E-state index in [2.05, 4.69) is 37.5 Å². The minimum atomic E-state index is 0.469. The Labute approximate surface area is 117 Å². The Bertz CT molecular complexity index is 391. The van der Waals surface area contributed by atoms with Crippen LogP contribution in [0.25, 0.3) is 0 Å². The summed E-state index contributed by atoms with van der Waals surface area (Å²) in [6, 6.07) is 9.05. The zero-order valence-electron chi connectivity index (χ0n) is 12.5. The molecule has 2 heteroatoms. The Kier molecular flexibility index (Phi) is 5.26. The molecule has 0 bridgehead atoms. The molecule has 1 N–H and O–H groups in total. The molecule has 3 unspecified atom stereocenters. The van der Waals surface area contributed by atoms with Gasteiger partial charge in [0.05, 0.1) is 6.61 Å². The predicted octanol–water partition coefficient (Wildman–Crippen LogP) is 4.17. The van der Waals surface area contributed by atoms with Crippen LogP contribution in [0.3, 0.4) is 0 Å². The molecule has 1 aliphatic carbocycles. The van der Waals surface area contributed by atoms with Gasteiger partial charge in [0.2, 0.25) is 0 Å². The van der Waals surface area contributed by atoms with E-state index < -0.39 is 0 Å². The lowest BCUT2D eigenvalue weighted by Gasteiger charge is -2.24. The average Bonchev–Trinajstić information content (AvgIpc) is 2.89. The second kappa shape index (κ2) is 6.95. The normalized spacial score (nSPS) is 24.4. The fraction of sp³-hybridized carbons (Fsp3) is 0.647. The maximum Gasteiger partial charge on any atom is 0.119 e. The summed E-state index contributed by atoms with van der Waals surface area (Å²) in [5.74, 6) is 2.69. The lowest BCUT2D eigenvalue weighted by atomic mass is 9.90. The fourth-order valence-corrected chi connectivity index (χ4v) is 3.43. The molecule has 0 amide bonds. The third kappa shape index (κ3) is 3.50. The molecule has 1 saturated carbocycles. The summed E-state index contributed by atoms with van der Waals surface area (Å²) in [5.41, 5.74) is 1.37. The summed E-state index contributed by atoms with van der Waals surface area (Å²) in [6.45, 7) is 5.08. The lowest BCUT2D eigenvalue weighted by Crippen LogP contribution is -2.23. The Hall–Kier alpha value is -1.02. The molecule has 1 aromatic carbocycles. The van der Waals surface area contributed by atoms with Gasteiger partial charge in [-0.3, -0.25) is 0 Å². The lowest BCUT2D eigenvalue weighted by molar-refractivity contribution is 0.336. The highest BCUT2D eigenvalue weighted by Crippen LogP contribution is 2.40. The van der Waals surface area contributed by atoms with Gasteiger partial charge >= 0.3 is 0 Å². The van der Waals surface area contributed by atoms with E-state index in [1.165, 1.54) is 31.2 Å². The first-order valence-electron chi connectivity index (χ1n) is 7.68. The highest BCUT2D eigenvalue weighted by atomic mass is 16.5. The molecule has 3 atom stereocenters. The van der Waals surface area contributed by atoms with Crippen molar-refractivity contribution in [3.05, 3.63) is 29.8 Å². The van der Waals surface area contributed by atoms with Crippen LogP contribution in [0.2, 0.25) is 0 Å². The molecule has 1 aliphatic rings. The minimum Gasteiger partial charge on any atom is -0.494 e. The molecular formula is C17H27NO. The Balaban J connectivity index is 2.10. The predicted molar refractivity (Wildman–Crippen MR) is 80.5 cm³/mol. The first-order chi connectivity index (χ1) is 9.28. The van der Waals surface area contributed by atoms with Gasteiger partial charge in [0.25, 0.3) is 0 Å². The van der Waals surface area contributed by atoms with Crippen molar-refractivity contribution < 1.29 is 4.74 Å². The second-order valence-electron chi connectivity index (χ2n) is 5.62. The van der Waals surface area contributed by atoms with Crippen molar-refractivity contribution in [2.24, 2.45) is 11.8 Å². The van der Waals surface area contributed by atoms with Crippen molar-refractivity contribution >= 4 is 0 Å². The van der Waals surface area contributed by atoms with Crippen LogP contribution in [0.5, 0.6) is 5.75 Å². The maximum absolute atomic E-state index is 5.62. The molecule has 1 aromatic rings. The summed E-state index contributed by atoms with van der Waals surface area (Å²) in [4.78, 5) is 0. The molecule has 0 spiro atoms. The second-order valence-corrected chi connectivity index (χ2v) is 5.62.